The number of nitrogens with one attached hydrogen (secondary N) is 1. The molecule has 1 atom stereocenters. The summed E-state index contributed by atoms with van der Waals surface area (Å²) in [6.45, 7) is 5.95. The first-order chi connectivity index (χ1) is 8.27. The lowest BCUT2D eigenvalue weighted by molar-refractivity contribution is 0.437. The van der Waals surface area contributed by atoms with E-state index in [-0.39, 0.29) is 16.9 Å². The molecule has 0 aliphatic carbocycles. The minimum absolute atomic E-state index is 0.0653. The summed E-state index contributed by atoms with van der Waals surface area (Å²) >= 11 is 9.08. The zero-order valence-electron chi connectivity index (χ0n) is 10.6. The molecule has 3 nitrogen and oxygen atoms in total. The van der Waals surface area contributed by atoms with Crippen LogP contribution in [0.3, 0.4) is 0 Å². The van der Waals surface area contributed by atoms with Crippen LogP contribution >= 0.6 is 27.5 Å². The smallest absolute Gasteiger partial charge is 0.208 e. The van der Waals surface area contributed by atoms with Crippen molar-refractivity contribution in [3.05, 3.63) is 27.7 Å². The zero-order chi connectivity index (χ0) is 13.9. The van der Waals surface area contributed by atoms with Crippen molar-refractivity contribution in [3.8, 4) is 0 Å². The summed E-state index contributed by atoms with van der Waals surface area (Å²) in [7, 11) is -3.49. The molecular weight excluding hydrogens is 338 g/mol. The Kier molecular flexibility index (Phi) is 5.65. The van der Waals surface area contributed by atoms with Crippen molar-refractivity contribution in [2.75, 3.05) is 0 Å². The predicted octanol–water partition coefficient (Wildman–Crippen LogP) is 3.82. The lowest BCUT2D eigenvalue weighted by atomic mass is 10.0. The van der Waals surface area contributed by atoms with Crippen molar-refractivity contribution in [3.63, 3.8) is 0 Å². The highest BCUT2D eigenvalue weighted by Crippen LogP contribution is 2.25. The molecule has 1 aromatic carbocycles. The number of benzene rings is 1. The highest BCUT2D eigenvalue weighted by molar-refractivity contribution is 9.10. The topological polar surface area (TPSA) is 46.2 Å². The maximum atomic E-state index is 12.2. The monoisotopic (exact) mass is 353 g/mol. The molecule has 0 aliphatic rings. The Balaban J connectivity index is 3.02. The maximum Gasteiger partial charge on any atom is 0.240 e. The largest absolute Gasteiger partial charge is 0.240 e. The molecule has 1 N–H and O–H groups in total. The van der Waals surface area contributed by atoms with Gasteiger partial charge in [0, 0.05) is 10.5 Å². The quantitative estimate of drug-likeness (QED) is 0.874. The van der Waals surface area contributed by atoms with Gasteiger partial charge in [0.25, 0.3) is 0 Å². The summed E-state index contributed by atoms with van der Waals surface area (Å²) in [4.78, 5) is 0.220. The van der Waals surface area contributed by atoms with Crippen LogP contribution in [0.15, 0.2) is 27.6 Å². The number of hydrogen-bond acceptors (Lipinski definition) is 2. The molecule has 1 rings (SSSR count). The molecule has 0 amide bonds. The average Bonchev–Trinajstić information content (AvgIpc) is 2.29. The van der Waals surface area contributed by atoms with Crippen LogP contribution in [0.2, 0.25) is 5.02 Å². The second-order valence-corrected chi connectivity index (χ2v) is 7.43. The van der Waals surface area contributed by atoms with E-state index in [1.165, 1.54) is 12.1 Å². The van der Waals surface area contributed by atoms with Gasteiger partial charge in [-0.25, -0.2) is 13.1 Å². The first-order valence-electron chi connectivity index (χ1n) is 5.75. The number of sulfonamides is 1. The van der Waals surface area contributed by atoms with E-state index >= 15 is 0 Å². The third-order valence-corrected chi connectivity index (χ3v) is 5.45. The van der Waals surface area contributed by atoms with Gasteiger partial charge in [0.05, 0.1) is 9.92 Å². The van der Waals surface area contributed by atoms with Gasteiger partial charge >= 0.3 is 0 Å². The van der Waals surface area contributed by atoms with Crippen LogP contribution in [0.25, 0.3) is 0 Å². The summed E-state index contributed by atoms with van der Waals surface area (Å²) < 4.78 is 27.7. The molecule has 0 aliphatic heterocycles. The fourth-order valence-corrected chi connectivity index (χ4v) is 3.74. The number of rotatable bonds is 5. The molecule has 0 spiro atoms. The molecule has 0 saturated carbocycles. The Morgan fingerprint density at radius 2 is 2.00 bits per heavy atom. The van der Waals surface area contributed by atoms with Gasteiger partial charge in [0.2, 0.25) is 10.0 Å². The average molecular weight is 355 g/mol. The van der Waals surface area contributed by atoms with E-state index in [0.717, 1.165) is 6.42 Å². The number of halogens is 2. The van der Waals surface area contributed by atoms with E-state index in [4.69, 9.17) is 11.6 Å². The maximum absolute atomic E-state index is 12.2. The fraction of sp³-hybridized carbons (Fsp3) is 0.500. The van der Waals surface area contributed by atoms with Gasteiger partial charge < -0.3 is 0 Å². The molecular formula is C12H17BrClNO2S. The molecule has 18 heavy (non-hydrogen) atoms. The number of hydrogen-bond donors (Lipinski definition) is 1. The van der Waals surface area contributed by atoms with E-state index in [9.17, 15) is 8.42 Å². The van der Waals surface area contributed by atoms with E-state index in [1.807, 2.05) is 20.8 Å². The molecule has 6 heteroatoms. The van der Waals surface area contributed by atoms with Crippen molar-refractivity contribution in [1.82, 2.24) is 4.72 Å². The molecule has 1 unspecified atom stereocenters. The van der Waals surface area contributed by atoms with Crippen molar-refractivity contribution in [2.45, 2.75) is 38.1 Å². The standard InChI is InChI=1S/C12H17BrClNO2S/c1-4-12(8(2)3)15-18(16,17)9-5-6-11(14)10(13)7-9/h5-8,12,15H,4H2,1-3H3. The van der Waals surface area contributed by atoms with Crippen LogP contribution in [0.5, 0.6) is 0 Å². The van der Waals surface area contributed by atoms with E-state index in [1.54, 1.807) is 6.07 Å². The molecule has 0 bridgehead atoms. The lowest BCUT2D eigenvalue weighted by Crippen LogP contribution is -2.37. The SMILES string of the molecule is CCC(NS(=O)(=O)c1ccc(Cl)c(Br)c1)C(C)C. The summed E-state index contributed by atoms with van der Waals surface area (Å²) in [6, 6.07) is 4.51. The Morgan fingerprint density at radius 1 is 1.39 bits per heavy atom. The summed E-state index contributed by atoms with van der Waals surface area (Å²) in [5.41, 5.74) is 0. The fourth-order valence-electron chi connectivity index (χ4n) is 1.60. The molecule has 0 aromatic heterocycles. The summed E-state index contributed by atoms with van der Waals surface area (Å²) in [5.74, 6) is 0.250. The Hall–Kier alpha value is -0.100. The van der Waals surface area contributed by atoms with Gasteiger partial charge in [-0.1, -0.05) is 32.4 Å². The lowest BCUT2D eigenvalue weighted by Gasteiger charge is -2.20. The van der Waals surface area contributed by atoms with Crippen LogP contribution in [0.1, 0.15) is 27.2 Å². The van der Waals surface area contributed by atoms with E-state index in [2.05, 4.69) is 20.7 Å². The summed E-state index contributed by atoms with van der Waals surface area (Å²) in [5, 5.41) is 0.491. The van der Waals surface area contributed by atoms with Crippen molar-refractivity contribution in [1.29, 1.82) is 0 Å². The van der Waals surface area contributed by atoms with Gasteiger partial charge in [0.1, 0.15) is 0 Å². The van der Waals surface area contributed by atoms with E-state index in [0.29, 0.717) is 9.50 Å². The third kappa shape index (κ3) is 3.95. The minimum Gasteiger partial charge on any atom is -0.208 e. The molecule has 102 valence electrons. The van der Waals surface area contributed by atoms with Crippen molar-refractivity contribution in [2.24, 2.45) is 5.92 Å². The van der Waals surface area contributed by atoms with Crippen LogP contribution in [-0.4, -0.2) is 14.5 Å². The van der Waals surface area contributed by atoms with Crippen LogP contribution in [0.4, 0.5) is 0 Å². The van der Waals surface area contributed by atoms with Crippen LogP contribution in [0, 0.1) is 5.92 Å². The van der Waals surface area contributed by atoms with Crippen LogP contribution < -0.4 is 4.72 Å². The second kappa shape index (κ2) is 6.37. The highest BCUT2D eigenvalue weighted by atomic mass is 79.9. The predicted molar refractivity (Wildman–Crippen MR) is 78.4 cm³/mol. The molecule has 0 radical (unpaired) electrons. The Labute approximate surface area is 122 Å². The zero-order valence-corrected chi connectivity index (χ0v) is 13.7. The summed E-state index contributed by atoms with van der Waals surface area (Å²) in [6.07, 6.45) is 0.756. The second-order valence-electron chi connectivity index (χ2n) is 4.46. The van der Waals surface area contributed by atoms with Gasteiger partial charge in [0.15, 0.2) is 0 Å². The third-order valence-electron chi connectivity index (χ3n) is 2.75. The molecule has 0 saturated heterocycles. The molecule has 0 fully saturated rings. The normalized spacial score (nSPS) is 13.9. The van der Waals surface area contributed by atoms with Gasteiger partial charge in [-0.15, -0.1) is 0 Å². The molecule has 1 aromatic rings. The van der Waals surface area contributed by atoms with Crippen LogP contribution in [-0.2, 0) is 10.0 Å². The van der Waals surface area contributed by atoms with Crippen molar-refractivity contribution < 1.29 is 8.42 Å². The van der Waals surface area contributed by atoms with Gasteiger partial charge in [-0.3, -0.25) is 0 Å². The van der Waals surface area contributed by atoms with Gasteiger partial charge in [-0.05, 0) is 46.5 Å². The highest BCUT2D eigenvalue weighted by Gasteiger charge is 2.21. The Bertz CT molecular complexity index is 517. The molecule has 0 heterocycles. The van der Waals surface area contributed by atoms with E-state index < -0.39 is 10.0 Å². The first-order valence-corrected chi connectivity index (χ1v) is 8.40. The first kappa shape index (κ1) is 16.0. The Morgan fingerprint density at radius 3 is 2.44 bits per heavy atom. The minimum atomic E-state index is -3.49. The van der Waals surface area contributed by atoms with Crippen molar-refractivity contribution >= 4 is 37.6 Å². The van der Waals surface area contributed by atoms with Gasteiger partial charge in [-0.2, -0.15) is 0 Å².